The molecule has 6 rings (SSSR count). The Morgan fingerprint density at radius 2 is 2.03 bits per heavy atom. The number of ether oxygens (including phenoxy) is 1. The van der Waals surface area contributed by atoms with Gasteiger partial charge in [-0.15, -0.1) is 0 Å². The van der Waals surface area contributed by atoms with Crippen LogP contribution in [0, 0.1) is 0 Å². The normalized spacial score (nSPS) is 13.1. The Labute approximate surface area is 206 Å². The van der Waals surface area contributed by atoms with Gasteiger partial charge in [0.1, 0.15) is 11.6 Å². The van der Waals surface area contributed by atoms with E-state index in [1.807, 2.05) is 24.3 Å². The number of phenols is 1. The standard InChI is InChI=1S/C27H24N6O3/c1-36-27-19(3-2-10-28-27)16-7-9-24(34)20(11-16)25-30-21-8-6-17(12-23(21)31-25)26(35)29-14-18-13-22(33-32-18)15-4-5-15/h2-3,6-13,15,34H,4-5,14H2,1H3,(H,29,35)(H,30,31)(H,32,33). The van der Waals surface area contributed by atoms with Gasteiger partial charge in [0.25, 0.3) is 5.91 Å². The molecule has 1 amide bonds. The van der Waals surface area contributed by atoms with Crippen molar-refractivity contribution >= 4 is 16.9 Å². The summed E-state index contributed by atoms with van der Waals surface area (Å²) in [6, 6.07) is 16.3. The zero-order chi connectivity index (χ0) is 24.6. The molecule has 9 nitrogen and oxygen atoms in total. The second kappa shape index (κ2) is 8.84. The Hall–Kier alpha value is -4.66. The number of rotatable bonds is 7. The Morgan fingerprint density at radius 1 is 1.14 bits per heavy atom. The van der Waals surface area contributed by atoms with Crippen molar-refractivity contribution < 1.29 is 14.6 Å². The lowest BCUT2D eigenvalue weighted by atomic mass is 10.0. The van der Waals surface area contributed by atoms with Crippen molar-refractivity contribution in [3.05, 3.63) is 77.7 Å². The molecular formula is C27H24N6O3. The first-order valence-corrected chi connectivity index (χ1v) is 11.7. The maximum absolute atomic E-state index is 12.8. The molecule has 36 heavy (non-hydrogen) atoms. The number of nitrogens with one attached hydrogen (secondary N) is 3. The first kappa shape index (κ1) is 21.8. The highest BCUT2D eigenvalue weighted by molar-refractivity contribution is 5.97. The quantitative estimate of drug-likeness (QED) is 0.271. The average molecular weight is 481 g/mol. The second-order valence-corrected chi connectivity index (χ2v) is 8.88. The Morgan fingerprint density at radius 3 is 2.86 bits per heavy atom. The van der Waals surface area contributed by atoms with Crippen LogP contribution in [0.3, 0.4) is 0 Å². The molecule has 2 aromatic carbocycles. The SMILES string of the molecule is COc1ncccc1-c1ccc(O)c(-c2nc3ccc(C(=O)NCc4cc(C5CC5)n[nH]4)cc3[nH]2)c1. The van der Waals surface area contributed by atoms with E-state index in [4.69, 9.17) is 4.74 Å². The van der Waals surface area contributed by atoms with E-state index in [9.17, 15) is 9.90 Å². The Balaban J connectivity index is 1.25. The molecule has 0 unspecified atom stereocenters. The third-order valence-corrected chi connectivity index (χ3v) is 6.36. The van der Waals surface area contributed by atoms with E-state index in [1.54, 1.807) is 43.6 Å². The number of fused-ring (bicyclic) bond motifs is 1. The number of hydrogen-bond donors (Lipinski definition) is 4. The first-order valence-electron chi connectivity index (χ1n) is 11.7. The van der Waals surface area contributed by atoms with Crippen molar-refractivity contribution in [2.75, 3.05) is 7.11 Å². The number of aromatic nitrogens is 5. The number of imidazole rings is 1. The van der Waals surface area contributed by atoms with Gasteiger partial charge in [-0.05, 0) is 66.9 Å². The fourth-order valence-corrected chi connectivity index (χ4v) is 4.28. The number of amides is 1. The lowest BCUT2D eigenvalue weighted by Gasteiger charge is -2.09. The van der Waals surface area contributed by atoms with Gasteiger partial charge in [-0.2, -0.15) is 5.10 Å². The number of benzene rings is 2. The smallest absolute Gasteiger partial charge is 0.251 e. The average Bonchev–Trinajstić information content (AvgIpc) is 3.49. The van der Waals surface area contributed by atoms with E-state index in [0.29, 0.717) is 46.3 Å². The molecule has 9 heteroatoms. The van der Waals surface area contributed by atoms with Crippen molar-refractivity contribution in [3.63, 3.8) is 0 Å². The number of phenolic OH excluding ortho intramolecular Hbond substituents is 1. The summed E-state index contributed by atoms with van der Waals surface area (Å²) in [5.74, 6) is 1.45. The largest absolute Gasteiger partial charge is 0.507 e. The summed E-state index contributed by atoms with van der Waals surface area (Å²) < 4.78 is 5.38. The molecule has 180 valence electrons. The van der Waals surface area contributed by atoms with Crippen LogP contribution >= 0.6 is 0 Å². The van der Waals surface area contributed by atoms with Crippen LogP contribution in [0.4, 0.5) is 0 Å². The fraction of sp³-hybridized carbons (Fsp3) is 0.185. The van der Waals surface area contributed by atoms with Gasteiger partial charge in [0.05, 0.1) is 41.6 Å². The topological polar surface area (TPSA) is 129 Å². The number of hydrogen-bond acceptors (Lipinski definition) is 6. The van der Waals surface area contributed by atoms with Crippen LogP contribution in [0.1, 0.15) is 40.5 Å². The summed E-state index contributed by atoms with van der Waals surface area (Å²) >= 11 is 0. The number of methoxy groups -OCH3 is 1. The van der Waals surface area contributed by atoms with Crippen LogP contribution in [-0.4, -0.2) is 43.3 Å². The second-order valence-electron chi connectivity index (χ2n) is 8.88. The predicted octanol–water partition coefficient (Wildman–Crippen LogP) is 4.54. The molecule has 5 aromatic rings. The van der Waals surface area contributed by atoms with Crippen molar-refractivity contribution in [2.24, 2.45) is 0 Å². The summed E-state index contributed by atoms with van der Waals surface area (Å²) in [6.45, 7) is 0.378. The van der Waals surface area contributed by atoms with Crippen molar-refractivity contribution in [1.82, 2.24) is 30.5 Å². The maximum atomic E-state index is 12.8. The number of nitrogens with zero attached hydrogens (tertiary/aromatic N) is 3. The van der Waals surface area contributed by atoms with Crippen molar-refractivity contribution in [2.45, 2.75) is 25.3 Å². The molecule has 4 N–H and O–H groups in total. The summed E-state index contributed by atoms with van der Waals surface area (Å²) in [6.07, 6.45) is 4.03. The summed E-state index contributed by atoms with van der Waals surface area (Å²) in [4.78, 5) is 24.9. The minimum Gasteiger partial charge on any atom is -0.507 e. The summed E-state index contributed by atoms with van der Waals surface area (Å²) in [5, 5.41) is 20.8. The molecule has 0 radical (unpaired) electrons. The molecule has 1 fully saturated rings. The zero-order valence-electron chi connectivity index (χ0n) is 19.6. The monoisotopic (exact) mass is 480 g/mol. The number of aromatic hydroxyl groups is 1. The van der Waals surface area contributed by atoms with E-state index < -0.39 is 0 Å². The van der Waals surface area contributed by atoms with E-state index in [1.165, 1.54) is 12.8 Å². The van der Waals surface area contributed by atoms with Gasteiger partial charge in [-0.1, -0.05) is 6.07 Å². The molecule has 0 bridgehead atoms. The van der Waals surface area contributed by atoms with Gasteiger partial charge in [0.15, 0.2) is 0 Å². The van der Waals surface area contributed by atoms with Crippen molar-refractivity contribution in [3.8, 4) is 34.1 Å². The maximum Gasteiger partial charge on any atom is 0.251 e. The molecule has 3 aromatic heterocycles. The molecule has 0 saturated heterocycles. The lowest BCUT2D eigenvalue weighted by molar-refractivity contribution is 0.0950. The van der Waals surface area contributed by atoms with Crippen LogP contribution in [0.5, 0.6) is 11.6 Å². The Kier molecular flexibility index (Phi) is 5.37. The number of aromatic amines is 2. The fourth-order valence-electron chi connectivity index (χ4n) is 4.28. The van der Waals surface area contributed by atoms with Gasteiger partial charge in [0, 0.05) is 23.2 Å². The molecule has 0 atom stereocenters. The minimum absolute atomic E-state index is 0.0868. The van der Waals surface area contributed by atoms with E-state index in [-0.39, 0.29) is 11.7 Å². The van der Waals surface area contributed by atoms with Crippen LogP contribution in [0.15, 0.2) is 60.8 Å². The highest BCUT2D eigenvalue weighted by Crippen LogP contribution is 2.39. The van der Waals surface area contributed by atoms with Gasteiger partial charge in [0.2, 0.25) is 5.88 Å². The van der Waals surface area contributed by atoms with Crippen LogP contribution in [0.25, 0.3) is 33.5 Å². The Bertz CT molecular complexity index is 1580. The lowest BCUT2D eigenvalue weighted by Crippen LogP contribution is -2.22. The first-order chi connectivity index (χ1) is 17.6. The molecule has 0 aliphatic heterocycles. The van der Waals surface area contributed by atoms with E-state index in [2.05, 4.69) is 30.5 Å². The van der Waals surface area contributed by atoms with Gasteiger partial charge in [-0.3, -0.25) is 9.89 Å². The summed E-state index contributed by atoms with van der Waals surface area (Å²) in [7, 11) is 1.57. The van der Waals surface area contributed by atoms with Crippen LogP contribution in [0.2, 0.25) is 0 Å². The highest BCUT2D eigenvalue weighted by Gasteiger charge is 2.26. The molecule has 3 heterocycles. The van der Waals surface area contributed by atoms with Gasteiger partial charge >= 0.3 is 0 Å². The van der Waals surface area contributed by atoms with Crippen molar-refractivity contribution in [1.29, 1.82) is 0 Å². The van der Waals surface area contributed by atoms with Gasteiger partial charge in [-0.25, -0.2) is 9.97 Å². The number of carbonyl (C=O) groups excluding carboxylic acids is 1. The van der Waals surface area contributed by atoms with Gasteiger partial charge < -0.3 is 20.1 Å². The summed E-state index contributed by atoms with van der Waals surface area (Å²) in [5.41, 5.74) is 6.02. The number of H-pyrrole nitrogens is 2. The highest BCUT2D eigenvalue weighted by atomic mass is 16.5. The zero-order valence-corrected chi connectivity index (χ0v) is 19.6. The van der Waals surface area contributed by atoms with Crippen LogP contribution < -0.4 is 10.1 Å². The third kappa shape index (κ3) is 4.15. The third-order valence-electron chi connectivity index (χ3n) is 6.36. The molecule has 0 spiro atoms. The number of carbonyl (C=O) groups is 1. The predicted molar refractivity (Wildman–Crippen MR) is 135 cm³/mol. The molecular weight excluding hydrogens is 456 g/mol. The minimum atomic E-state index is -0.191. The molecule has 1 saturated carbocycles. The molecule has 1 aliphatic rings. The number of pyridine rings is 1. The molecule has 1 aliphatic carbocycles. The van der Waals surface area contributed by atoms with E-state index in [0.717, 1.165) is 22.5 Å². The van der Waals surface area contributed by atoms with Crippen LogP contribution in [-0.2, 0) is 6.54 Å². The van der Waals surface area contributed by atoms with E-state index >= 15 is 0 Å².